The van der Waals surface area contributed by atoms with Gasteiger partial charge in [-0.3, -0.25) is 29.0 Å². The van der Waals surface area contributed by atoms with Crippen LogP contribution in [-0.4, -0.2) is 55.9 Å². The van der Waals surface area contributed by atoms with Crippen molar-refractivity contribution in [3.05, 3.63) is 64.1 Å². The summed E-state index contributed by atoms with van der Waals surface area (Å²) in [5, 5.41) is 10.6. The van der Waals surface area contributed by atoms with E-state index in [0.717, 1.165) is 9.37 Å². The van der Waals surface area contributed by atoms with Crippen molar-refractivity contribution < 1.29 is 29.0 Å². The van der Waals surface area contributed by atoms with Gasteiger partial charge in [0.05, 0.1) is 30.1 Å². The fourth-order valence-corrected chi connectivity index (χ4v) is 8.55. The average Bonchev–Trinajstić information content (AvgIpc) is 3.27. The first-order chi connectivity index (χ1) is 19.0. The summed E-state index contributed by atoms with van der Waals surface area (Å²) in [6.45, 7) is 0. The number of fused-ring (bicyclic) bond motifs is 4. The molecule has 0 bridgehead atoms. The summed E-state index contributed by atoms with van der Waals surface area (Å²) in [4.78, 5) is 53.4. The number of nitrogens with zero attached hydrogens (tertiary/aromatic N) is 2. The number of alkyl halides is 3. The lowest BCUT2D eigenvalue weighted by molar-refractivity contribution is -0.138. The number of hydrogen-bond acceptors (Lipinski definition) is 6. The van der Waals surface area contributed by atoms with E-state index in [0.29, 0.717) is 16.8 Å². The largest absolute Gasteiger partial charge is 0.504 e. The number of allylic oxidation sites excluding steroid dienone is 2. The molecule has 8 nitrogen and oxygen atoms in total. The Balaban J connectivity index is 1.52. The maximum atomic E-state index is 14.0. The van der Waals surface area contributed by atoms with E-state index in [2.05, 4.69) is 31.9 Å². The van der Waals surface area contributed by atoms with Crippen molar-refractivity contribution in [1.82, 2.24) is 4.90 Å². The summed E-state index contributed by atoms with van der Waals surface area (Å²) < 4.78 is 6.00. The zero-order valence-electron chi connectivity index (χ0n) is 20.9. The molecule has 4 amide bonds. The van der Waals surface area contributed by atoms with Gasteiger partial charge in [0.25, 0.3) is 11.8 Å². The van der Waals surface area contributed by atoms with Crippen molar-refractivity contribution in [2.75, 3.05) is 17.5 Å². The van der Waals surface area contributed by atoms with Crippen molar-refractivity contribution >= 4 is 84.4 Å². The highest BCUT2D eigenvalue weighted by Gasteiger charge is 2.76. The molecule has 2 saturated heterocycles. The molecule has 208 valence electrons. The van der Waals surface area contributed by atoms with E-state index in [1.165, 1.54) is 18.1 Å². The number of ether oxygens (including phenoxy) is 1. The Morgan fingerprint density at radius 1 is 1.02 bits per heavy atom. The SMILES string of the molecule is COc1ccc(C2C3=CCC4C(=O)N(c5ccc(Br)cc5)C(=O)C4C3CC3(Cl)C(=O)N(CBr)C(=O)C23Cl)cc1O. The fourth-order valence-electron chi connectivity index (χ4n) is 6.86. The van der Waals surface area contributed by atoms with E-state index in [-0.39, 0.29) is 41.6 Å². The number of benzene rings is 2. The monoisotopic (exact) mass is 710 g/mol. The van der Waals surface area contributed by atoms with Crippen LogP contribution in [-0.2, 0) is 19.2 Å². The van der Waals surface area contributed by atoms with Crippen molar-refractivity contribution in [1.29, 1.82) is 0 Å². The van der Waals surface area contributed by atoms with Gasteiger partial charge in [0.1, 0.15) is 0 Å². The van der Waals surface area contributed by atoms with Crippen LogP contribution >= 0.6 is 55.1 Å². The summed E-state index contributed by atoms with van der Waals surface area (Å²) in [6.07, 6.45) is 1.99. The van der Waals surface area contributed by atoms with Crippen LogP contribution in [0.15, 0.2) is 58.6 Å². The molecule has 0 radical (unpaired) electrons. The fraction of sp³-hybridized carbons (Fsp3) is 0.357. The summed E-state index contributed by atoms with van der Waals surface area (Å²) in [7, 11) is 1.41. The minimum atomic E-state index is -1.94. The van der Waals surface area contributed by atoms with E-state index < -0.39 is 45.2 Å². The number of methoxy groups -OCH3 is 1. The highest BCUT2D eigenvalue weighted by molar-refractivity contribution is 9.10. The molecule has 1 saturated carbocycles. The number of carbonyl (C=O) groups is 4. The Hall–Kier alpha value is -2.40. The average molecular weight is 713 g/mol. The minimum absolute atomic E-state index is 0.106. The number of imide groups is 2. The first-order valence-corrected chi connectivity index (χ1v) is 15.2. The molecule has 6 unspecified atom stereocenters. The molecule has 0 spiro atoms. The number of phenols is 1. The van der Waals surface area contributed by atoms with Gasteiger partial charge in [-0.15, -0.1) is 23.2 Å². The van der Waals surface area contributed by atoms with Crippen LogP contribution in [0.4, 0.5) is 5.69 Å². The maximum absolute atomic E-state index is 14.0. The summed E-state index contributed by atoms with van der Waals surface area (Å²) in [5.41, 5.74) is 1.42. The zero-order valence-corrected chi connectivity index (χ0v) is 25.6. The number of halogens is 4. The molecular weight excluding hydrogens is 691 g/mol. The molecule has 6 rings (SSSR count). The van der Waals surface area contributed by atoms with Crippen molar-refractivity contribution in [2.24, 2.45) is 17.8 Å². The van der Waals surface area contributed by atoms with Gasteiger partial charge >= 0.3 is 0 Å². The van der Waals surface area contributed by atoms with Crippen LogP contribution in [0.25, 0.3) is 0 Å². The van der Waals surface area contributed by atoms with E-state index in [1.54, 1.807) is 36.4 Å². The molecule has 2 aromatic carbocycles. The lowest BCUT2D eigenvalue weighted by Crippen LogP contribution is -2.60. The van der Waals surface area contributed by atoms with Gasteiger partial charge in [0.2, 0.25) is 11.8 Å². The van der Waals surface area contributed by atoms with E-state index in [9.17, 15) is 24.3 Å². The van der Waals surface area contributed by atoms with Crippen molar-refractivity contribution in [3.63, 3.8) is 0 Å². The molecule has 2 aromatic rings. The molecular formula is C28H22Br2Cl2N2O6. The van der Waals surface area contributed by atoms with Crippen LogP contribution in [0.1, 0.15) is 24.3 Å². The Labute approximate surface area is 256 Å². The third kappa shape index (κ3) is 3.55. The Bertz CT molecular complexity index is 1520. The molecule has 6 atom stereocenters. The summed E-state index contributed by atoms with van der Waals surface area (Å²) in [6, 6.07) is 11.5. The number of phenolic OH excluding ortho intramolecular Hbond substituents is 1. The van der Waals surface area contributed by atoms with E-state index in [4.69, 9.17) is 27.9 Å². The van der Waals surface area contributed by atoms with Crippen molar-refractivity contribution in [2.45, 2.75) is 28.5 Å². The summed E-state index contributed by atoms with van der Waals surface area (Å²) >= 11 is 21.0. The Morgan fingerprint density at radius 3 is 2.35 bits per heavy atom. The zero-order chi connectivity index (χ0) is 28.7. The second-order valence-corrected chi connectivity index (χ2v) is 13.1. The van der Waals surface area contributed by atoms with Gasteiger partial charge in [-0.25, -0.2) is 0 Å². The molecule has 4 aliphatic rings. The molecule has 3 fully saturated rings. The number of rotatable bonds is 4. The maximum Gasteiger partial charge on any atom is 0.254 e. The first kappa shape index (κ1) is 27.8. The topological polar surface area (TPSA) is 104 Å². The smallest absolute Gasteiger partial charge is 0.254 e. The molecule has 12 heteroatoms. The van der Waals surface area contributed by atoms with Crippen LogP contribution in [0.5, 0.6) is 11.5 Å². The highest BCUT2D eigenvalue weighted by Crippen LogP contribution is 2.65. The standard InChI is InChI=1S/C28H22Br2Cl2N2O6/c1-40-20-9-2-13(10-19(20)35)22-16-7-8-17-21(24(37)34(23(17)36)15-5-3-14(30)4-6-15)18(16)11-27(31)25(38)33(12-29)26(39)28(22,27)32/h2-7,9-10,17-18,21-22,35H,8,11-12H2,1H3. The second kappa shape index (κ2) is 9.58. The van der Waals surface area contributed by atoms with Crippen LogP contribution in [0.2, 0.25) is 0 Å². The quantitative estimate of drug-likeness (QED) is 0.205. The van der Waals surface area contributed by atoms with Crippen molar-refractivity contribution in [3.8, 4) is 11.5 Å². The molecule has 2 heterocycles. The highest BCUT2D eigenvalue weighted by atomic mass is 79.9. The van der Waals surface area contributed by atoms with Gasteiger partial charge in [-0.05, 0) is 60.7 Å². The number of aromatic hydroxyl groups is 1. The van der Waals surface area contributed by atoms with Crippen LogP contribution in [0.3, 0.4) is 0 Å². The van der Waals surface area contributed by atoms with Crippen LogP contribution in [0, 0.1) is 17.8 Å². The number of carbonyl (C=O) groups excluding carboxylic acids is 4. The number of anilines is 1. The number of likely N-dealkylation sites (tertiary alicyclic amines) is 1. The predicted molar refractivity (Wildman–Crippen MR) is 155 cm³/mol. The van der Waals surface area contributed by atoms with Gasteiger partial charge < -0.3 is 9.84 Å². The second-order valence-electron chi connectivity index (χ2n) is 10.4. The van der Waals surface area contributed by atoms with Gasteiger partial charge in [-0.1, -0.05) is 49.6 Å². The lowest BCUT2D eigenvalue weighted by atomic mass is 9.56. The minimum Gasteiger partial charge on any atom is -0.504 e. The van der Waals surface area contributed by atoms with Gasteiger partial charge in [0, 0.05) is 10.4 Å². The van der Waals surface area contributed by atoms with E-state index in [1.807, 2.05) is 6.08 Å². The molecule has 0 aromatic heterocycles. The molecule has 2 aliphatic carbocycles. The number of hydrogen-bond donors (Lipinski definition) is 1. The van der Waals surface area contributed by atoms with E-state index >= 15 is 0 Å². The Kier molecular flexibility index (Phi) is 6.64. The molecule has 40 heavy (non-hydrogen) atoms. The normalized spacial score (nSPS) is 33.1. The van der Waals surface area contributed by atoms with Gasteiger partial charge in [0.15, 0.2) is 21.2 Å². The predicted octanol–water partition coefficient (Wildman–Crippen LogP) is 5.08. The first-order valence-electron chi connectivity index (χ1n) is 12.5. The number of amides is 4. The third-order valence-electron chi connectivity index (χ3n) is 8.64. The van der Waals surface area contributed by atoms with Gasteiger partial charge in [-0.2, -0.15) is 0 Å². The Morgan fingerprint density at radius 2 is 1.73 bits per heavy atom. The lowest BCUT2D eigenvalue weighted by Gasteiger charge is -2.50. The summed E-state index contributed by atoms with van der Waals surface area (Å²) in [5.74, 6) is -5.09. The van der Waals surface area contributed by atoms with Crippen LogP contribution < -0.4 is 9.64 Å². The molecule has 1 N–H and O–H groups in total. The molecule has 2 aliphatic heterocycles. The third-order valence-corrected chi connectivity index (χ3v) is 11.1.